The Morgan fingerprint density at radius 3 is 1.60 bits per heavy atom. The Morgan fingerprint density at radius 1 is 0.587 bits per heavy atom. The molecule has 4 amide bonds. The number of nitrogens with one attached hydrogen (secondary N) is 2. The Bertz CT molecular complexity index is 1760. The van der Waals surface area contributed by atoms with E-state index >= 15 is 0 Å². The second kappa shape index (κ2) is 35.7. The molecule has 430 valence electrons. The Balaban J connectivity index is 1.31. The third-order valence-electron chi connectivity index (χ3n) is 13.8. The number of hydrogen-bond acceptors (Lipinski definition) is 19. The van der Waals surface area contributed by atoms with Crippen molar-refractivity contribution in [3.8, 4) is 0 Å². The molecule has 75 heavy (non-hydrogen) atoms. The normalized spacial score (nSPS) is 25.4. The highest BCUT2D eigenvalue weighted by atomic mass is 16.7. The molecule has 6 unspecified atom stereocenters. The van der Waals surface area contributed by atoms with Crippen molar-refractivity contribution in [3.05, 3.63) is 12.2 Å². The maximum atomic E-state index is 13.4. The van der Waals surface area contributed by atoms with E-state index in [1.54, 1.807) is 27.7 Å². The number of hydrogen-bond donors (Lipinski definition) is 8. The molecule has 11 atom stereocenters. The van der Waals surface area contributed by atoms with Gasteiger partial charge in [0.1, 0.15) is 41.8 Å². The van der Waals surface area contributed by atoms with Crippen LogP contribution in [0.25, 0.3) is 0 Å². The monoisotopic (exact) mass is 1070 g/mol. The second-order valence-corrected chi connectivity index (χ2v) is 20.5. The first-order valence-electron chi connectivity index (χ1n) is 27.2. The molecular weight excluding hydrogens is 983 g/mol. The van der Waals surface area contributed by atoms with E-state index in [0.717, 1.165) is 11.3 Å². The highest BCUT2D eigenvalue weighted by Gasteiger charge is 2.43. The molecular formula is C53H89N3O19. The number of carbonyl (C=O) groups is 7. The molecule has 22 nitrogen and oxygen atoms in total. The first kappa shape index (κ1) is 65.6. The lowest BCUT2D eigenvalue weighted by Gasteiger charge is -2.40. The summed E-state index contributed by atoms with van der Waals surface area (Å²) < 4.78 is 34.3. The molecule has 3 aliphatic rings. The Morgan fingerprint density at radius 2 is 1.05 bits per heavy atom. The number of imide groups is 1. The van der Waals surface area contributed by atoms with Crippen molar-refractivity contribution in [2.45, 2.75) is 205 Å². The summed E-state index contributed by atoms with van der Waals surface area (Å²) >= 11 is 0. The minimum absolute atomic E-state index is 0.0483. The highest BCUT2D eigenvalue weighted by molar-refractivity contribution is 6.13. The van der Waals surface area contributed by atoms with Gasteiger partial charge in [-0.15, -0.1) is 0 Å². The van der Waals surface area contributed by atoms with Crippen molar-refractivity contribution >= 4 is 41.0 Å². The van der Waals surface area contributed by atoms with Gasteiger partial charge in [0.25, 0.3) is 11.8 Å². The van der Waals surface area contributed by atoms with Crippen LogP contribution >= 0.6 is 0 Å². The van der Waals surface area contributed by atoms with Gasteiger partial charge in [-0.3, -0.25) is 38.5 Å². The zero-order chi connectivity index (χ0) is 55.3. The van der Waals surface area contributed by atoms with Crippen LogP contribution in [0, 0.1) is 17.8 Å². The number of ketones is 3. The van der Waals surface area contributed by atoms with Crippen molar-refractivity contribution in [1.29, 1.82) is 0 Å². The van der Waals surface area contributed by atoms with E-state index in [2.05, 4.69) is 10.6 Å². The summed E-state index contributed by atoms with van der Waals surface area (Å²) in [5, 5.41) is 65.4. The Hall–Kier alpha value is -3.65. The summed E-state index contributed by atoms with van der Waals surface area (Å²) in [6.07, 6.45) is 2.49. The number of aliphatic hydroxyl groups is 6. The van der Waals surface area contributed by atoms with Gasteiger partial charge < -0.3 is 69.7 Å². The van der Waals surface area contributed by atoms with Crippen LogP contribution < -0.4 is 10.6 Å². The van der Waals surface area contributed by atoms with E-state index in [-0.39, 0.29) is 87.6 Å². The van der Waals surface area contributed by atoms with E-state index in [1.165, 1.54) is 12.2 Å². The standard InChI is InChI=1S/C53H89N3O19/c1-35-46(65)48(67)41(33-57)74-51(35)70-28-12-8-18-40(61)32-37(16-7-11-25-54-43(62)21-9-13-29-71-52-36(2)47(66)49(68)42(34-58)75-52)50(69)55-26-10-5-6-17-38(59)19-14-30-72-53(3,4)73-31-15-20-39(60)24-27-56-44(63)22-23-45(56)64/h22-23,35-37,41-42,46-49,51-52,57-58,65-68H,5-21,24-34H2,1-4H3,(H,54,62)(H,55,69)/t35-,36?,37-,41?,42?,46?,47?,48+,49?,51-,52-/m1/s1. The number of rotatable bonds is 41. The summed E-state index contributed by atoms with van der Waals surface area (Å²) in [5.41, 5.74) is 0. The molecule has 0 saturated carbocycles. The van der Waals surface area contributed by atoms with Gasteiger partial charge in [0.15, 0.2) is 18.4 Å². The number of amides is 4. The maximum Gasteiger partial charge on any atom is 0.253 e. The third kappa shape index (κ3) is 24.7. The summed E-state index contributed by atoms with van der Waals surface area (Å²) in [6, 6.07) is 0. The second-order valence-electron chi connectivity index (χ2n) is 20.5. The number of carbonyl (C=O) groups excluding carboxylic acids is 7. The molecule has 2 fully saturated rings. The molecule has 22 heteroatoms. The zero-order valence-electron chi connectivity index (χ0n) is 44.7. The van der Waals surface area contributed by atoms with Crippen LogP contribution in [0.4, 0.5) is 0 Å². The van der Waals surface area contributed by atoms with E-state index < -0.39 is 97.8 Å². The van der Waals surface area contributed by atoms with E-state index in [9.17, 15) is 64.2 Å². The molecule has 2 saturated heterocycles. The maximum absolute atomic E-state index is 13.4. The molecule has 0 spiro atoms. The molecule has 0 aromatic rings. The van der Waals surface area contributed by atoms with Crippen LogP contribution in [0.3, 0.4) is 0 Å². The van der Waals surface area contributed by atoms with Crippen LogP contribution in [0.1, 0.15) is 150 Å². The quantitative estimate of drug-likeness (QED) is 0.0246. The Labute approximate surface area is 441 Å². The number of unbranched alkanes of at least 4 members (excludes halogenated alkanes) is 5. The fourth-order valence-electron chi connectivity index (χ4n) is 8.90. The first-order valence-corrected chi connectivity index (χ1v) is 27.2. The van der Waals surface area contributed by atoms with Gasteiger partial charge in [-0.2, -0.15) is 0 Å². The fraction of sp³-hybridized carbons (Fsp3) is 0.830. The van der Waals surface area contributed by atoms with Gasteiger partial charge in [0.05, 0.1) is 38.6 Å². The van der Waals surface area contributed by atoms with Crippen molar-refractivity contribution < 1.29 is 92.6 Å². The zero-order valence-corrected chi connectivity index (χ0v) is 44.7. The van der Waals surface area contributed by atoms with Gasteiger partial charge in [0, 0.05) is 108 Å². The van der Waals surface area contributed by atoms with Gasteiger partial charge in [-0.25, -0.2) is 0 Å². The van der Waals surface area contributed by atoms with Crippen molar-refractivity contribution in [2.75, 3.05) is 59.3 Å². The van der Waals surface area contributed by atoms with Crippen LogP contribution in [-0.2, 0) is 62.0 Å². The molecule has 3 rings (SSSR count). The average molecular weight is 1070 g/mol. The molecule has 0 aromatic heterocycles. The van der Waals surface area contributed by atoms with Crippen LogP contribution in [0.15, 0.2) is 12.2 Å². The largest absolute Gasteiger partial charge is 0.394 e. The van der Waals surface area contributed by atoms with Gasteiger partial charge in [-0.1, -0.05) is 26.7 Å². The fourth-order valence-corrected chi connectivity index (χ4v) is 8.90. The molecule has 3 aliphatic heterocycles. The lowest BCUT2D eigenvalue weighted by Crippen LogP contribution is -2.55. The van der Waals surface area contributed by atoms with Gasteiger partial charge in [0.2, 0.25) is 11.8 Å². The minimum Gasteiger partial charge on any atom is -0.394 e. The molecule has 3 heterocycles. The summed E-state index contributed by atoms with van der Waals surface area (Å²) in [7, 11) is 0. The van der Waals surface area contributed by atoms with E-state index in [4.69, 9.17) is 28.4 Å². The SMILES string of the molecule is CC1C(O)C(O)C(CO)O[C@H]1OCCCCC(=O)NCCCC[C@H](CC(=O)CCCCO[C@@H]1OC(CO)[C@H](O)C(O)[C@H]1C)C(=O)NCCCCCC(=O)CCCOC(C)(C)OCCCC(=O)CCN1C(=O)C=CC1=O. The number of nitrogens with zero attached hydrogens (tertiary/aromatic N) is 1. The molecule has 8 N–H and O–H groups in total. The predicted octanol–water partition coefficient (Wildman–Crippen LogP) is 1.83. The smallest absolute Gasteiger partial charge is 0.253 e. The van der Waals surface area contributed by atoms with Crippen molar-refractivity contribution in [2.24, 2.45) is 17.8 Å². The predicted molar refractivity (Wildman–Crippen MR) is 270 cm³/mol. The van der Waals surface area contributed by atoms with Gasteiger partial charge >= 0.3 is 0 Å². The van der Waals surface area contributed by atoms with Crippen LogP contribution in [0.2, 0.25) is 0 Å². The molecule has 0 aromatic carbocycles. The Kier molecular flexibility index (Phi) is 31.2. The number of aliphatic hydroxyl groups excluding tert-OH is 6. The molecule has 0 radical (unpaired) electrons. The number of Topliss-reactive ketones (excluding diaryl/α,β-unsaturated/α-hetero) is 3. The first-order chi connectivity index (χ1) is 35.8. The van der Waals surface area contributed by atoms with E-state index in [1.807, 2.05) is 0 Å². The summed E-state index contributed by atoms with van der Waals surface area (Å²) in [4.78, 5) is 88.3. The lowest BCUT2D eigenvalue weighted by atomic mass is 9.92. The minimum atomic E-state index is -1.23. The number of ether oxygens (including phenoxy) is 6. The van der Waals surface area contributed by atoms with Gasteiger partial charge in [-0.05, 0) is 78.1 Å². The van der Waals surface area contributed by atoms with E-state index in [0.29, 0.717) is 103 Å². The summed E-state index contributed by atoms with van der Waals surface area (Å²) in [6.45, 7) is 7.87. The summed E-state index contributed by atoms with van der Waals surface area (Å²) in [5.74, 6) is -3.76. The van der Waals surface area contributed by atoms with Crippen LogP contribution in [0.5, 0.6) is 0 Å². The molecule has 0 bridgehead atoms. The highest BCUT2D eigenvalue weighted by Crippen LogP contribution is 2.28. The average Bonchev–Trinajstić information content (AvgIpc) is 3.71. The lowest BCUT2D eigenvalue weighted by molar-refractivity contribution is -0.282. The van der Waals surface area contributed by atoms with Crippen molar-refractivity contribution in [1.82, 2.24) is 15.5 Å². The third-order valence-corrected chi connectivity index (χ3v) is 13.8. The van der Waals surface area contributed by atoms with Crippen LogP contribution in [-0.4, -0.2) is 191 Å². The van der Waals surface area contributed by atoms with Crippen molar-refractivity contribution in [3.63, 3.8) is 0 Å². The molecule has 0 aliphatic carbocycles. The topological polar surface area (TPSA) is 324 Å².